The Morgan fingerprint density at radius 2 is 1.84 bits per heavy atom. The van der Waals surface area contributed by atoms with E-state index in [1.54, 1.807) is 30.4 Å². The van der Waals surface area contributed by atoms with Gasteiger partial charge < -0.3 is 14.8 Å². The van der Waals surface area contributed by atoms with Gasteiger partial charge in [-0.1, -0.05) is 35.9 Å². The number of imide groups is 1. The summed E-state index contributed by atoms with van der Waals surface area (Å²) in [5.41, 5.74) is 2.80. The number of aryl methyl sites for hydroxylation is 1. The predicted octanol–water partition coefficient (Wildman–Crippen LogP) is 3.59. The molecule has 2 aliphatic rings. The first kappa shape index (κ1) is 20.7. The number of ether oxygens (including phenoxy) is 2. The summed E-state index contributed by atoms with van der Waals surface area (Å²) in [4.78, 5) is 38.3. The molecule has 7 nitrogen and oxygen atoms in total. The fourth-order valence-electron chi connectivity index (χ4n) is 3.05. The summed E-state index contributed by atoms with van der Waals surface area (Å²) in [5.74, 6) is 0.590. The molecule has 0 aromatic heterocycles. The highest BCUT2D eigenvalue weighted by molar-refractivity contribution is 8.18. The highest BCUT2D eigenvalue weighted by Gasteiger charge is 2.34. The summed E-state index contributed by atoms with van der Waals surface area (Å²) in [6.07, 6.45) is 4.79. The molecule has 1 N–H and O–H groups in total. The number of carbonyl (C=O) groups excluding carboxylic acids is 3. The molecule has 8 heteroatoms. The van der Waals surface area contributed by atoms with Gasteiger partial charge in [-0.3, -0.25) is 19.3 Å². The molecule has 1 fully saturated rings. The zero-order valence-electron chi connectivity index (χ0n) is 16.8. The molecular weight excluding hydrogens is 416 g/mol. The predicted molar refractivity (Wildman–Crippen MR) is 118 cm³/mol. The van der Waals surface area contributed by atoms with Gasteiger partial charge in [-0.05, 0) is 54.1 Å². The van der Waals surface area contributed by atoms with E-state index in [0.717, 1.165) is 33.4 Å². The first-order valence-corrected chi connectivity index (χ1v) is 10.5. The SMILES string of the molecule is Cc1ccc(/C=C/C(=O)NCCN2C(=O)S/C(=C\c3ccc4c(c3)OCO4)C2=O)cc1. The Balaban J connectivity index is 1.31. The number of thioether (sulfide) groups is 1. The summed E-state index contributed by atoms with van der Waals surface area (Å²) in [5, 5.41) is 2.33. The first-order valence-electron chi connectivity index (χ1n) is 9.67. The zero-order valence-corrected chi connectivity index (χ0v) is 17.6. The normalized spacial score (nSPS) is 16.5. The van der Waals surface area contributed by atoms with Crippen LogP contribution in [-0.4, -0.2) is 41.8 Å². The molecule has 0 saturated carbocycles. The molecule has 2 aromatic rings. The van der Waals surface area contributed by atoms with E-state index in [9.17, 15) is 14.4 Å². The van der Waals surface area contributed by atoms with Crippen molar-refractivity contribution in [3.8, 4) is 11.5 Å². The third kappa shape index (κ3) is 4.97. The molecule has 2 aliphatic heterocycles. The minimum atomic E-state index is -0.378. The van der Waals surface area contributed by atoms with Crippen LogP contribution in [0.25, 0.3) is 12.2 Å². The molecule has 0 bridgehead atoms. The van der Waals surface area contributed by atoms with Gasteiger partial charge in [0, 0.05) is 19.2 Å². The van der Waals surface area contributed by atoms with Gasteiger partial charge in [0.05, 0.1) is 4.91 Å². The highest BCUT2D eigenvalue weighted by Crippen LogP contribution is 2.36. The lowest BCUT2D eigenvalue weighted by molar-refractivity contribution is -0.123. The van der Waals surface area contributed by atoms with Crippen molar-refractivity contribution in [1.82, 2.24) is 10.2 Å². The second-order valence-electron chi connectivity index (χ2n) is 6.98. The molecule has 1 saturated heterocycles. The Morgan fingerprint density at radius 1 is 1.10 bits per heavy atom. The van der Waals surface area contributed by atoms with Crippen molar-refractivity contribution < 1.29 is 23.9 Å². The molecule has 31 heavy (non-hydrogen) atoms. The first-order chi connectivity index (χ1) is 15.0. The second kappa shape index (κ2) is 9.09. The molecule has 2 heterocycles. The third-order valence-electron chi connectivity index (χ3n) is 4.71. The van der Waals surface area contributed by atoms with Gasteiger partial charge in [0.1, 0.15) is 0 Å². The fraction of sp³-hybridized carbons (Fsp3) is 0.174. The fourth-order valence-corrected chi connectivity index (χ4v) is 3.91. The molecule has 2 aromatic carbocycles. The Morgan fingerprint density at radius 3 is 2.65 bits per heavy atom. The number of nitrogens with one attached hydrogen (secondary N) is 1. The average molecular weight is 436 g/mol. The molecular formula is C23H20N2O5S. The Bertz CT molecular complexity index is 1090. The highest BCUT2D eigenvalue weighted by atomic mass is 32.2. The van der Waals surface area contributed by atoms with Gasteiger partial charge in [-0.25, -0.2) is 0 Å². The molecule has 0 spiro atoms. The van der Waals surface area contributed by atoms with Crippen molar-refractivity contribution in [2.45, 2.75) is 6.92 Å². The quantitative estimate of drug-likeness (QED) is 0.697. The summed E-state index contributed by atoms with van der Waals surface area (Å²) in [7, 11) is 0. The topological polar surface area (TPSA) is 84.9 Å². The zero-order chi connectivity index (χ0) is 21.8. The van der Waals surface area contributed by atoms with Crippen LogP contribution >= 0.6 is 11.8 Å². The number of nitrogens with zero attached hydrogens (tertiary/aromatic N) is 1. The van der Waals surface area contributed by atoms with Gasteiger partial charge in [0.25, 0.3) is 11.1 Å². The Hall–Kier alpha value is -3.52. The molecule has 4 rings (SSSR count). The van der Waals surface area contributed by atoms with Crippen molar-refractivity contribution in [2.75, 3.05) is 19.9 Å². The standard InChI is InChI=1S/C23H20N2O5S/c1-15-2-4-16(5-3-15)7-9-21(26)24-10-11-25-22(27)20(31-23(25)28)13-17-6-8-18-19(12-17)30-14-29-18/h2-9,12-13H,10-11,14H2,1H3,(H,24,26)/b9-7+,20-13-. The van der Waals surface area contributed by atoms with E-state index in [1.807, 2.05) is 31.2 Å². The molecule has 0 atom stereocenters. The summed E-state index contributed by atoms with van der Waals surface area (Å²) >= 11 is 0.877. The maximum absolute atomic E-state index is 12.6. The van der Waals surface area contributed by atoms with E-state index in [-0.39, 0.29) is 36.9 Å². The number of benzene rings is 2. The second-order valence-corrected chi connectivity index (χ2v) is 7.97. The number of amides is 3. The van der Waals surface area contributed by atoms with Crippen molar-refractivity contribution in [3.63, 3.8) is 0 Å². The van der Waals surface area contributed by atoms with Crippen LogP contribution in [0.1, 0.15) is 16.7 Å². The van der Waals surface area contributed by atoms with Gasteiger partial charge in [0.15, 0.2) is 11.5 Å². The summed E-state index contributed by atoms with van der Waals surface area (Å²) in [6.45, 7) is 2.44. The van der Waals surface area contributed by atoms with Gasteiger partial charge in [0.2, 0.25) is 12.7 Å². The lowest BCUT2D eigenvalue weighted by atomic mass is 10.1. The maximum Gasteiger partial charge on any atom is 0.293 e. The number of hydrogen-bond acceptors (Lipinski definition) is 6. The average Bonchev–Trinajstić information content (AvgIpc) is 3.32. The third-order valence-corrected chi connectivity index (χ3v) is 5.61. The minimum absolute atomic E-state index is 0.104. The number of carbonyl (C=O) groups is 3. The maximum atomic E-state index is 12.6. The van der Waals surface area contributed by atoms with E-state index in [1.165, 1.54) is 6.08 Å². The Kier molecular flexibility index (Phi) is 6.08. The van der Waals surface area contributed by atoms with Gasteiger partial charge in [-0.2, -0.15) is 0 Å². The van der Waals surface area contributed by atoms with Crippen molar-refractivity contribution >= 4 is 41.0 Å². The molecule has 0 aliphatic carbocycles. The van der Waals surface area contributed by atoms with Gasteiger partial charge >= 0.3 is 0 Å². The monoisotopic (exact) mass is 436 g/mol. The summed E-state index contributed by atoms with van der Waals surface area (Å²) in [6, 6.07) is 13.1. The van der Waals surface area contributed by atoms with E-state index in [0.29, 0.717) is 16.4 Å². The molecule has 0 radical (unpaired) electrons. The lowest BCUT2D eigenvalue weighted by Gasteiger charge is -2.12. The van der Waals surface area contributed by atoms with Crippen molar-refractivity contribution in [2.24, 2.45) is 0 Å². The number of hydrogen-bond donors (Lipinski definition) is 1. The van der Waals surface area contributed by atoms with Crippen molar-refractivity contribution in [1.29, 1.82) is 0 Å². The van der Waals surface area contributed by atoms with E-state index >= 15 is 0 Å². The van der Waals surface area contributed by atoms with Crippen LogP contribution in [0.4, 0.5) is 4.79 Å². The van der Waals surface area contributed by atoms with E-state index in [4.69, 9.17) is 9.47 Å². The van der Waals surface area contributed by atoms with Gasteiger partial charge in [-0.15, -0.1) is 0 Å². The van der Waals surface area contributed by atoms with Crippen LogP contribution in [0.2, 0.25) is 0 Å². The van der Waals surface area contributed by atoms with E-state index in [2.05, 4.69) is 5.32 Å². The number of rotatable bonds is 6. The van der Waals surface area contributed by atoms with Crippen LogP contribution in [0.3, 0.4) is 0 Å². The number of fused-ring (bicyclic) bond motifs is 1. The van der Waals surface area contributed by atoms with Crippen LogP contribution < -0.4 is 14.8 Å². The van der Waals surface area contributed by atoms with Crippen molar-refractivity contribution in [3.05, 3.63) is 70.1 Å². The lowest BCUT2D eigenvalue weighted by Crippen LogP contribution is -2.36. The van der Waals surface area contributed by atoms with Crippen LogP contribution in [0.15, 0.2) is 53.4 Å². The summed E-state index contributed by atoms with van der Waals surface area (Å²) < 4.78 is 10.6. The Labute approximate surface area is 183 Å². The molecule has 3 amide bonds. The largest absolute Gasteiger partial charge is 0.454 e. The van der Waals surface area contributed by atoms with E-state index < -0.39 is 0 Å². The van der Waals surface area contributed by atoms with Crippen LogP contribution in [0, 0.1) is 6.92 Å². The smallest absolute Gasteiger partial charge is 0.293 e. The molecule has 158 valence electrons. The molecule has 0 unspecified atom stereocenters. The van der Waals surface area contributed by atoms with Crippen LogP contribution in [0.5, 0.6) is 11.5 Å². The van der Waals surface area contributed by atoms with Crippen LogP contribution in [-0.2, 0) is 9.59 Å². The minimum Gasteiger partial charge on any atom is -0.454 e.